The number of carbonyl (C=O) groups excluding carboxylic acids is 1. The van der Waals surface area contributed by atoms with E-state index in [9.17, 15) is 4.79 Å². The predicted molar refractivity (Wildman–Crippen MR) is 207 cm³/mol. The lowest BCUT2D eigenvalue weighted by Gasteiger charge is -2.57. The van der Waals surface area contributed by atoms with Crippen molar-refractivity contribution in [1.29, 1.82) is 0 Å². The molecule has 1 N–H and O–H groups in total. The van der Waals surface area contributed by atoms with Gasteiger partial charge in [-0.2, -0.15) is 0 Å². The van der Waals surface area contributed by atoms with Crippen LogP contribution in [0.15, 0.2) is 0 Å². The van der Waals surface area contributed by atoms with Gasteiger partial charge in [0.1, 0.15) is 0 Å². The Labute approximate surface area is 300 Å². The number of piperidine rings is 1. The van der Waals surface area contributed by atoms with Crippen LogP contribution in [-0.4, -0.2) is 60.5 Å². The van der Waals surface area contributed by atoms with Crippen LogP contribution in [0, 0.1) is 29.6 Å². The molecule has 0 spiro atoms. The first-order chi connectivity index (χ1) is 23.4. The molecule has 1 heterocycles. The van der Waals surface area contributed by atoms with Crippen LogP contribution in [0.25, 0.3) is 0 Å². The van der Waals surface area contributed by atoms with Crippen LogP contribution in [0.4, 0.5) is 0 Å². The molecular weight excluding hydrogens is 587 g/mol. The fourth-order valence-corrected chi connectivity index (χ4v) is 11.3. The fraction of sp³-hybridized carbons (Fsp3) is 0.977. The third kappa shape index (κ3) is 13.5. The molecule has 0 aromatic rings. The molecule has 1 amide bonds. The molecule has 4 saturated carbocycles. The van der Waals surface area contributed by atoms with Crippen molar-refractivity contribution in [3.8, 4) is 0 Å². The zero-order valence-corrected chi connectivity index (χ0v) is 32.9. The zero-order valence-electron chi connectivity index (χ0n) is 32.9. The number of hydrogen-bond acceptors (Lipinski definition) is 3. The van der Waals surface area contributed by atoms with E-state index in [0.717, 1.165) is 49.9 Å². The van der Waals surface area contributed by atoms with Crippen LogP contribution >= 0.6 is 0 Å². The van der Waals surface area contributed by atoms with Crippen LogP contribution in [0.2, 0.25) is 0 Å². The maximum atomic E-state index is 14.6. The van der Waals surface area contributed by atoms with Crippen LogP contribution < -0.4 is 5.32 Å². The molecule has 1 saturated heterocycles. The van der Waals surface area contributed by atoms with E-state index < -0.39 is 0 Å². The molecule has 0 aromatic carbocycles. The second kappa shape index (κ2) is 22.4. The van der Waals surface area contributed by atoms with Gasteiger partial charge in [-0.05, 0) is 120 Å². The van der Waals surface area contributed by atoms with Crippen LogP contribution in [0.3, 0.4) is 0 Å². The number of rotatable bonds is 27. The molecule has 4 aliphatic carbocycles. The molecule has 2 unspecified atom stereocenters. The lowest BCUT2D eigenvalue weighted by atomic mass is 9.53. The van der Waals surface area contributed by atoms with E-state index in [1.165, 1.54) is 180 Å². The summed E-state index contributed by atoms with van der Waals surface area (Å²) in [6.45, 7) is 11.5. The Kier molecular flexibility index (Phi) is 18.7. The highest BCUT2D eigenvalue weighted by atomic mass is 16.2. The van der Waals surface area contributed by atoms with Gasteiger partial charge in [0.15, 0.2) is 0 Å². The number of amides is 1. The van der Waals surface area contributed by atoms with Gasteiger partial charge in [0.05, 0.1) is 6.04 Å². The van der Waals surface area contributed by atoms with E-state index in [1.807, 2.05) is 0 Å². The minimum absolute atomic E-state index is 0.0470. The molecule has 4 heteroatoms. The molecule has 0 radical (unpaired) electrons. The van der Waals surface area contributed by atoms with Crippen molar-refractivity contribution in [1.82, 2.24) is 15.1 Å². The number of hydrogen-bond donors (Lipinski definition) is 1. The molecular formula is C44H83N3O. The Bertz CT molecular complexity index is 815. The summed E-state index contributed by atoms with van der Waals surface area (Å²) in [6.07, 6.45) is 38.5. The summed E-state index contributed by atoms with van der Waals surface area (Å²) in [7, 11) is 2.34. The maximum Gasteiger partial charge on any atom is 0.238 e. The van der Waals surface area contributed by atoms with Crippen molar-refractivity contribution < 1.29 is 4.79 Å². The molecule has 4 bridgehead atoms. The average Bonchev–Trinajstić information content (AvgIpc) is 3.06. The Morgan fingerprint density at radius 1 is 0.667 bits per heavy atom. The second-order valence-corrected chi connectivity index (χ2v) is 17.9. The normalized spacial score (nSPS) is 27.1. The Morgan fingerprint density at radius 3 is 1.50 bits per heavy atom. The van der Waals surface area contributed by atoms with E-state index >= 15 is 0 Å². The van der Waals surface area contributed by atoms with Crippen molar-refractivity contribution >= 4 is 5.91 Å². The largest absolute Gasteiger partial charge is 0.349 e. The minimum atomic E-state index is 0.0470. The Balaban J connectivity index is 1.32. The molecule has 1 aliphatic heterocycles. The van der Waals surface area contributed by atoms with E-state index in [2.05, 4.69) is 42.9 Å². The van der Waals surface area contributed by atoms with Gasteiger partial charge >= 0.3 is 0 Å². The summed E-state index contributed by atoms with van der Waals surface area (Å²) in [5.74, 6) is 4.24. The van der Waals surface area contributed by atoms with Gasteiger partial charge in [0, 0.05) is 12.1 Å². The molecule has 4 nitrogen and oxygen atoms in total. The third-order valence-electron chi connectivity index (χ3n) is 13.7. The van der Waals surface area contributed by atoms with Gasteiger partial charge in [-0.25, -0.2) is 0 Å². The molecule has 0 aromatic heterocycles. The molecule has 5 rings (SSSR count). The van der Waals surface area contributed by atoms with Gasteiger partial charge in [-0.3, -0.25) is 9.69 Å². The highest BCUT2D eigenvalue weighted by Crippen LogP contribution is 2.55. The quantitative estimate of drug-likeness (QED) is 0.0884. The number of unbranched alkanes of at least 4 members (excludes halogenated alkanes) is 16. The lowest BCUT2D eigenvalue weighted by Crippen LogP contribution is -2.63. The van der Waals surface area contributed by atoms with Crippen LogP contribution in [0.5, 0.6) is 0 Å². The minimum Gasteiger partial charge on any atom is -0.349 e. The van der Waals surface area contributed by atoms with E-state index in [0.29, 0.717) is 11.8 Å². The summed E-state index contributed by atoms with van der Waals surface area (Å²) in [5, 5.41) is 3.88. The Morgan fingerprint density at radius 2 is 1.08 bits per heavy atom. The third-order valence-corrected chi connectivity index (χ3v) is 13.7. The average molecular weight is 670 g/mol. The first kappa shape index (κ1) is 40.2. The number of nitrogens with one attached hydrogen (secondary N) is 1. The topological polar surface area (TPSA) is 35.6 Å². The van der Waals surface area contributed by atoms with Crippen LogP contribution in [-0.2, 0) is 4.79 Å². The number of carbonyl (C=O) groups is 1. The highest BCUT2D eigenvalue weighted by Gasteiger charge is 2.52. The van der Waals surface area contributed by atoms with Crippen molar-refractivity contribution in [2.75, 3.05) is 33.2 Å². The van der Waals surface area contributed by atoms with E-state index in [-0.39, 0.29) is 11.6 Å². The summed E-state index contributed by atoms with van der Waals surface area (Å²) >= 11 is 0. The number of likely N-dealkylation sites (N-methyl/N-ethyl adjacent to an activating group) is 1. The molecule has 5 aliphatic rings. The van der Waals surface area contributed by atoms with Gasteiger partial charge < -0.3 is 10.2 Å². The van der Waals surface area contributed by atoms with E-state index in [4.69, 9.17) is 0 Å². The van der Waals surface area contributed by atoms with Gasteiger partial charge in [-0.15, -0.1) is 0 Å². The first-order valence-corrected chi connectivity index (χ1v) is 22.2. The fourth-order valence-electron chi connectivity index (χ4n) is 11.3. The molecule has 280 valence electrons. The van der Waals surface area contributed by atoms with Gasteiger partial charge in [0.2, 0.25) is 5.91 Å². The zero-order chi connectivity index (χ0) is 34.0. The number of likely N-dealkylation sites (tertiary alicyclic amines) is 1. The van der Waals surface area contributed by atoms with Crippen molar-refractivity contribution in [3.63, 3.8) is 0 Å². The van der Waals surface area contributed by atoms with Crippen LogP contribution in [0.1, 0.15) is 201 Å². The SMILES string of the molecule is CCCCCCCCCCCCC(CCCCCCCCCC)CN(C)C(C(=O)NC12CC3CC(CC(C3)C1)C2)C1CCN(CC)CC1. The van der Waals surface area contributed by atoms with Gasteiger partial charge in [-0.1, -0.05) is 136 Å². The molecule has 48 heavy (non-hydrogen) atoms. The second-order valence-electron chi connectivity index (χ2n) is 17.9. The Hall–Kier alpha value is -0.610. The highest BCUT2D eigenvalue weighted by molar-refractivity contribution is 5.83. The summed E-state index contributed by atoms with van der Waals surface area (Å²) in [6, 6.07) is 0.0470. The lowest BCUT2D eigenvalue weighted by molar-refractivity contribution is -0.134. The summed E-state index contributed by atoms with van der Waals surface area (Å²) in [4.78, 5) is 19.8. The first-order valence-electron chi connectivity index (χ1n) is 22.2. The monoisotopic (exact) mass is 670 g/mol. The van der Waals surface area contributed by atoms with Crippen molar-refractivity contribution in [2.24, 2.45) is 29.6 Å². The van der Waals surface area contributed by atoms with Crippen molar-refractivity contribution in [2.45, 2.75) is 212 Å². The van der Waals surface area contributed by atoms with Crippen molar-refractivity contribution in [3.05, 3.63) is 0 Å². The van der Waals surface area contributed by atoms with E-state index in [1.54, 1.807) is 0 Å². The standard InChI is InChI=1S/C44H83N3O/c1-5-8-10-12-14-16-17-19-21-23-25-37(24-22-20-18-15-13-11-9-6-2)36-46(4)42(41-26-28-47(7-3)29-27-41)43(48)45-44-33-38-30-39(34-44)32-40(31-38)35-44/h37-42H,5-36H2,1-4H3,(H,45,48). The summed E-state index contributed by atoms with van der Waals surface area (Å²) < 4.78 is 0. The predicted octanol–water partition coefficient (Wildman–Crippen LogP) is 11.6. The molecule has 5 fully saturated rings. The number of nitrogens with zero attached hydrogens (tertiary/aromatic N) is 2. The molecule has 2 atom stereocenters. The van der Waals surface area contributed by atoms with Gasteiger partial charge in [0.25, 0.3) is 0 Å². The summed E-state index contributed by atoms with van der Waals surface area (Å²) in [5.41, 5.74) is 0.113. The smallest absolute Gasteiger partial charge is 0.238 e. The maximum absolute atomic E-state index is 14.6.